The molecule has 0 atom stereocenters. The van der Waals surface area contributed by atoms with Crippen LogP contribution in [0, 0.1) is 0 Å². The molecule has 10 aromatic rings. The highest BCUT2D eigenvalue weighted by atomic mass is 16.3. The van der Waals surface area contributed by atoms with Crippen molar-refractivity contribution in [2.45, 2.75) is 0 Å². The number of furan rings is 2. The van der Waals surface area contributed by atoms with Crippen molar-refractivity contribution in [1.82, 2.24) is 9.97 Å². The molecule has 0 spiro atoms. The third-order valence-corrected chi connectivity index (χ3v) is 9.54. The molecule has 0 saturated heterocycles. The van der Waals surface area contributed by atoms with E-state index in [0.717, 1.165) is 88.6 Å². The number of aromatic nitrogens is 2. The lowest BCUT2D eigenvalue weighted by Gasteiger charge is -2.12. The van der Waals surface area contributed by atoms with E-state index in [9.17, 15) is 0 Å². The number of para-hydroxylation sites is 2. The van der Waals surface area contributed by atoms with Gasteiger partial charge in [-0.15, -0.1) is 0 Å². The second kappa shape index (κ2) is 11.4. The van der Waals surface area contributed by atoms with Crippen LogP contribution in [0.2, 0.25) is 0 Å². The highest BCUT2D eigenvalue weighted by Gasteiger charge is 2.21. The number of hydrogen-bond acceptors (Lipinski definition) is 4. The molecule has 234 valence electrons. The van der Waals surface area contributed by atoms with Gasteiger partial charge in [-0.3, -0.25) is 0 Å². The van der Waals surface area contributed by atoms with Gasteiger partial charge < -0.3 is 8.83 Å². The molecule has 7 aromatic carbocycles. The highest BCUT2D eigenvalue weighted by molar-refractivity contribution is 6.16. The van der Waals surface area contributed by atoms with Crippen molar-refractivity contribution in [1.29, 1.82) is 0 Å². The number of nitrogens with zero attached hydrogens (tertiary/aromatic N) is 2. The monoisotopic (exact) mass is 640 g/mol. The maximum atomic E-state index is 6.69. The fraction of sp³-hybridized carbons (Fsp3) is 0. The third-order valence-electron chi connectivity index (χ3n) is 9.54. The summed E-state index contributed by atoms with van der Waals surface area (Å²) < 4.78 is 13.0. The van der Waals surface area contributed by atoms with E-state index in [2.05, 4.69) is 115 Å². The Morgan fingerprint density at radius 3 is 1.60 bits per heavy atom. The first-order valence-electron chi connectivity index (χ1n) is 16.7. The Labute approximate surface area is 287 Å². The van der Waals surface area contributed by atoms with E-state index < -0.39 is 0 Å². The normalized spacial score (nSPS) is 11.6. The van der Waals surface area contributed by atoms with E-state index in [0.29, 0.717) is 5.82 Å². The topological polar surface area (TPSA) is 52.1 Å². The smallest absolute Gasteiger partial charge is 0.164 e. The highest BCUT2D eigenvalue weighted by Crippen LogP contribution is 2.43. The van der Waals surface area contributed by atoms with E-state index in [-0.39, 0.29) is 0 Å². The number of benzene rings is 7. The zero-order valence-electron chi connectivity index (χ0n) is 26.9. The van der Waals surface area contributed by atoms with Crippen LogP contribution in [-0.2, 0) is 0 Å². The van der Waals surface area contributed by atoms with Gasteiger partial charge >= 0.3 is 0 Å². The van der Waals surface area contributed by atoms with E-state index in [1.54, 1.807) is 0 Å². The molecule has 50 heavy (non-hydrogen) atoms. The van der Waals surface area contributed by atoms with Crippen molar-refractivity contribution in [3.05, 3.63) is 170 Å². The quantitative estimate of drug-likeness (QED) is 0.188. The molecule has 0 saturated carbocycles. The lowest BCUT2D eigenvalue weighted by atomic mass is 9.96. The average Bonchev–Trinajstić information content (AvgIpc) is 3.77. The summed E-state index contributed by atoms with van der Waals surface area (Å²) in [6.07, 6.45) is 0. The summed E-state index contributed by atoms with van der Waals surface area (Å²) in [7, 11) is 0. The molecule has 0 amide bonds. The van der Waals surface area contributed by atoms with Crippen LogP contribution in [0.25, 0.3) is 100 Å². The van der Waals surface area contributed by atoms with Crippen LogP contribution in [0.3, 0.4) is 0 Å². The van der Waals surface area contributed by atoms with E-state index in [4.69, 9.17) is 18.8 Å². The maximum Gasteiger partial charge on any atom is 0.164 e. The molecule has 0 bridgehead atoms. The molecule has 3 aromatic heterocycles. The fourth-order valence-corrected chi connectivity index (χ4v) is 7.07. The Hall–Kier alpha value is -6.78. The Morgan fingerprint density at radius 2 is 0.860 bits per heavy atom. The summed E-state index contributed by atoms with van der Waals surface area (Å²) in [6.45, 7) is 0. The summed E-state index contributed by atoms with van der Waals surface area (Å²) in [5.74, 6) is 0.608. The minimum absolute atomic E-state index is 0.608. The summed E-state index contributed by atoms with van der Waals surface area (Å²) in [6, 6.07) is 58.4. The molecule has 3 heterocycles. The Morgan fingerprint density at radius 1 is 0.340 bits per heavy atom. The number of hydrogen-bond donors (Lipinski definition) is 0. The van der Waals surface area contributed by atoms with Gasteiger partial charge in [0.2, 0.25) is 0 Å². The van der Waals surface area contributed by atoms with E-state index >= 15 is 0 Å². The Bertz CT molecular complexity index is 2850. The van der Waals surface area contributed by atoms with Gasteiger partial charge in [-0.05, 0) is 58.7 Å². The van der Waals surface area contributed by atoms with Crippen molar-refractivity contribution in [2.75, 3.05) is 0 Å². The second-order valence-electron chi connectivity index (χ2n) is 12.5. The summed E-state index contributed by atoms with van der Waals surface area (Å²) in [4.78, 5) is 10.4. The number of fused-ring (bicyclic) bond motifs is 6. The van der Waals surface area contributed by atoms with Crippen LogP contribution in [0.5, 0.6) is 0 Å². The first kappa shape index (κ1) is 28.3. The maximum absolute atomic E-state index is 6.69. The predicted molar refractivity (Wildman–Crippen MR) is 204 cm³/mol. The van der Waals surface area contributed by atoms with Gasteiger partial charge in [0.1, 0.15) is 22.3 Å². The first-order chi connectivity index (χ1) is 24.8. The molecule has 4 heteroatoms. The molecule has 0 N–H and O–H groups in total. The standard InChI is InChI=1S/C46H28N2O2/c1-3-11-29(12-4-1)30-19-21-32(22-20-30)40-28-39(31-13-5-2-6-14-31)47-46(48-40)38-26-25-34(44-37-16-8-10-18-42(37)50-45(38)44)33-23-24-36-35-15-7-9-17-41(35)49-43(36)27-33/h1-28H. The molecule has 0 aliphatic carbocycles. The largest absolute Gasteiger partial charge is 0.456 e. The molecular formula is C46H28N2O2. The molecule has 0 fully saturated rings. The summed E-state index contributed by atoms with van der Waals surface area (Å²) in [5.41, 5.74) is 12.3. The van der Waals surface area contributed by atoms with Gasteiger partial charge in [-0.2, -0.15) is 0 Å². The minimum atomic E-state index is 0.608. The predicted octanol–water partition coefficient (Wildman–Crippen LogP) is 12.6. The fourth-order valence-electron chi connectivity index (χ4n) is 7.07. The summed E-state index contributed by atoms with van der Waals surface area (Å²) in [5, 5.41) is 4.28. The van der Waals surface area contributed by atoms with Crippen LogP contribution in [0.15, 0.2) is 179 Å². The van der Waals surface area contributed by atoms with Crippen LogP contribution in [0.1, 0.15) is 0 Å². The van der Waals surface area contributed by atoms with Crippen molar-refractivity contribution >= 4 is 43.9 Å². The van der Waals surface area contributed by atoms with Gasteiger partial charge in [0.05, 0.1) is 17.0 Å². The first-order valence-corrected chi connectivity index (χ1v) is 16.7. The Balaban J connectivity index is 1.17. The van der Waals surface area contributed by atoms with Crippen LogP contribution in [-0.4, -0.2) is 9.97 Å². The summed E-state index contributed by atoms with van der Waals surface area (Å²) >= 11 is 0. The van der Waals surface area contributed by atoms with Crippen LogP contribution >= 0.6 is 0 Å². The molecule has 0 aliphatic heterocycles. The zero-order chi connectivity index (χ0) is 33.0. The molecule has 0 unspecified atom stereocenters. The Kier molecular flexibility index (Phi) is 6.46. The third kappa shape index (κ3) is 4.69. The molecule has 4 nitrogen and oxygen atoms in total. The molecule has 0 aliphatic rings. The van der Waals surface area contributed by atoms with Crippen LogP contribution < -0.4 is 0 Å². The number of rotatable bonds is 5. The van der Waals surface area contributed by atoms with Crippen LogP contribution in [0.4, 0.5) is 0 Å². The molecular weight excluding hydrogens is 613 g/mol. The van der Waals surface area contributed by atoms with Crippen molar-refractivity contribution in [3.8, 4) is 56.2 Å². The molecule has 10 rings (SSSR count). The van der Waals surface area contributed by atoms with Gasteiger partial charge in [0.15, 0.2) is 5.82 Å². The molecule has 0 radical (unpaired) electrons. The van der Waals surface area contributed by atoms with Crippen molar-refractivity contribution in [2.24, 2.45) is 0 Å². The van der Waals surface area contributed by atoms with Crippen molar-refractivity contribution in [3.63, 3.8) is 0 Å². The van der Waals surface area contributed by atoms with E-state index in [1.165, 1.54) is 5.56 Å². The van der Waals surface area contributed by atoms with E-state index in [1.807, 2.05) is 54.6 Å². The minimum Gasteiger partial charge on any atom is -0.456 e. The second-order valence-corrected chi connectivity index (χ2v) is 12.5. The van der Waals surface area contributed by atoms with Gasteiger partial charge in [-0.25, -0.2) is 9.97 Å². The van der Waals surface area contributed by atoms with Gasteiger partial charge in [0.25, 0.3) is 0 Å². The average molecular weight is 641 g/mol. The lowest BCUT2D eigenvalue weighted by molar-refractivity contribution is 0.668. The lowest BCUT2D eigenvalue weighted by Crippen LogP contribution is -1.96. The van der Waals surface area contributed by atoms with Gasteiger partial charge in [0, 0.05) is 32.7 Å². The zero-order valence-corrected chi connectivity index (χ0v) is 26.9. The van der Waals surface area contributed by atoms with Crippen molar-refractivity contribution < 1.29 is 8.83 Å². The SMILES string of the molecule is c1ccc(-c2ccc(-c3cc(-c4ccccc4)nc(-c4ccc(-c5ccc6c(c5)oc5ccccc56)c5c4oc4ccccc45)n3)cc2)cc1. The van der Waals surface area contributed by atoms with Gasteiger partial charge in [-0.1, -0.05) is 133 Å².